The second-order valence-corrected chi connectivity index (χ2v) is 11.9. The highest BCUT2D eigenvalue weighted by Gasteiger charge is 2.31. The van der Waals surface area contributed by atoms with Gasteiger partial charge in [-0.05, 0) is 54.1 Å². The summed E-state index contributed by atoms with van der Waals surface area (Å²) in [5.74, 6) is -2.19. The Bertz CT molecular complexity index is 1580. The Labute approximate surface area is 227 Å². The molecule has 0 aliphatic carbocycles. The van der Waals surface area contributed by atoms with E-state index in [-0.39, 0.29) is 11.3 Å². The Hall–Kier alpha value is -2.99. The molecule has 4 aromatic rings. The van der Waals surface area contributed by atoms with E-state index in [0.29, 0.717) is 45.0 Å². The van der Waals surface area contributed by atoms with Gasteiger partial charge in [-0.1, -0.05) is 43.3 Å². The highest BCUT2D eigenvalue weighted by atomic mass is 35.5. The van der Waals surface area contributed by atoms with E-state index in [2.05, 4.69) is 9.97 Å². The van der Waals surface area contributed by atoms with Crippen molar-refractivity contribution in [1.29, 1.82) is 0 Å². The first kappa shape index (κ1) is 28.0. The van der Waals surface area contributed by atoms with Crippen molar-refractivity contribution in [2.75, 3.05) is 7.11 Å². The average Bonchev–Trinajstić information content (AvgIpc) is 3.28. The summed E-state index contributed by atoms with van der Waals surface area (Å²) in [5, 5.41) is 5.79. The lowest BCUT2D eigenvalue weighted by Gasteiger charge is -2.26. The lowest BCUT2D eigenvalue weighted by atomic mass is 9.79. The number of H-pyrrole nitrogens is 1. The number of imidazole rings is 1. The molecule has 0 amide bonds. The monoisotopic (exact) mass is 581 g/mol. The number of rotatable bonds is 8. The van der Waals surface area contributed by atoms with Gasteiger partial charge in [0, 0.05) is 22.3 Å². The number of thioether (sulfide) groups is 1. The number of aromatic nitrogens is 2. The molecule has 1 aromatic heterocycles. The van der Waals surface area contributed by atoms with Gasteiger partial charge in [0.25, 0.3) is 0 Å². The molecule has 38 heavy (non-hydrogen) atoms. The summed E-state index contributed by atoms with van der Waals surface area (Å²) < 4.78 is 71.1. The van der Waals surface area contributed by atoms with Gasteiger partial charge in [-0.25, -0.2) is 31.7 Å². The fraction of sp³-hybridized carbons (Fsp3) is 0.192. The molecule has 0 unspecified atom stereocenters. The van der Waals surface area contributed by atoms with Crippen LogP contribution in [0.3, 0.4) is 0 Å². The van der Waals surface area contributed by atoms with Crippen LogP contribution in [-0.2, 0) is 21.2 Å². The molecule has 0 radical (unpaired) electrons. The molecule has 0 aliphatic rings. The van der Waals surface area contributed by atoms with Crippen molar-refractivity contribution in [3.05, 3.63) is 93.9 Å². The van der Waals surface area contributed by atoms with Crippen LogP contribution in [-0.4, -0.2) is 25.5 Å². The first-order valence-corrected chi connectivity index (χ1v) is 14.1. The lowest BCUT2D eigenvalue weighted by molar-refractivity contribution is 0.413. The van der Waals surface area contributed by atoms with Gasteiger partial charge in [0.2, 0.25) is 10.0 Å². The van der Waals surface area contributed by atoms with Gasteiger partial charge >= 0.3 is 0 Å². The van der Waals surface area contributed by atoms with Gasteiger partial charge < -0.3 is 9.72 Å². The lowest BCUT2D eigenvalue weighted by Crippen LogP contribution is -2.20. The Morgan fingerprint density at radius 1 is 1.05 bits per heavy atom. The van der Waals surface area contributed by atoms with Crippen LogP contribution in [0.2, 0.25) is 5.02 Å². The van der Waals surface area contributed by atoms with Gasteiger partial charge in [-0.15, -0.1) is 0 Å². The molecule has 4 rings (SSSR count). The minimum absolute atomic E-state index is 0.187. The summed E-state index contributed by atoms with van der Waals surface area (Å²) in [4.78, 5) is 7.26. The predicted molar refractivity (Wildman–Crippen MR) is 141 cm³/mol. The third kappa shape index (κ3) is 5.70. The zero-order valence-electron chi connectivity index (χ0n) is 20.5. The van der Waals surface area contributed by atoms with Gasteiger partial charge in [-0.2, -0.15) is 0 Å². The maximum Gasteiger partial charge on any atom is 0.238 e. The topological polar surface area (TPSA) is 98.1 Å². The van der Waals surface area contributed by atoms with Crippen molar-refractivity contribution in [1.82, 2.24) is 9.97 Å². The summed E-state index contributed by atoms with van der Waals surface area (Å²) in [6.45, 7) is 3.91. The van der Waals surface area contributed by atoms with E-state index in [1.54, 1.807) is 18.2 Å². The number of hydrogen-bond donors (Lipinski definition) is 2. The van der Waals surface area contributed by atoms with E-state index >= 15 is 0 Å². The fourth-order valence-electron chi connectivity index (χ4n) is 3.90. The summed E-state index contributed by atoms with van der Waals surface area (Å²) in [5.41, 5.74) is 1.66. The molecule has 6 nitrogen and oxygen atoms in total. The van der Waals surface area contributed by atoms with Crippen LogP contribution in [0, 0.1) is 17.5 Å². The quantitative estimate of drug-likeness (QED) is 0.234. The first-order chi connectivity index (χ1) is 17.8. The van der Waals surface area contributed by atoms with E-state index in [0.717, 1.165) is 17.3 Å². The molecule has 3 aromatic carbocycles. The third-order valence-electron chi connectivity index (χ3n) is 6.09. The second-order valence-electron chi connectivity index (χ2n) is 8.95. The van der Waals surface area contributed by atoms with Crippen molar-refractivity contribution < 1.29 is 26.3 Å². The second kappa shape index (κ2) is 10.6. The number of nitrogens with zero attached hydrogens (tertiary/aromatic N) is 1. The summed E-state index contributed by atoms with van der Waals surface area (Å²) in [6.07, 6.45) is 0. The number of aromatic amines is 1. The Balaban J connectivity index is 1.75. The fourth-order valence-corrected chi connectivity index (χ4v) is 5.52. The number of benzene rings is 3. The molecule has 0 saturated carbocycles. The maximum absolute atomic E-state index is 14.6. The highest BCUT2D eigenvalue weighted by molar-refractivity contribution is 7.98. The third-order valence-corrected chi connectivity index (χ3v) is 8.20. The summed E-state index contributed by atoms with van der Waals surface area (Å²) in [7, 11) is -2.75. The van der Waals surface area contributed by atoms with Crippen LogP contribution in [0.25, 0.3) is 11.3 Å². The smallest absolute Gasteiger partial charge is 0.238 e. The molecule has 0 saturated heterocycles. The molecular weight excluding hydrogens is 559 g/mol. The van der Waals surface area contributed by atoms with Gasteiger partial charge in [0.15, 0.2) is 5.16 Å². The molecule has 0 fully saturated rings. The molecule has 12 heteroatoms. The van der Waals surface area contributed by atoms with E-state index in [4.69, 9.17) is 21.5 Å². The Morgan fingerprint density at radius 3 is 2.26 bits per heavy atom. The average molecular weight is 582 g/mol. The van der Waals surface area contributed by atoms with Gasteiger partial charge in [-0.3, -0.25) is 0 Å². The van der Waals surface area contributed by atoms with Crippen molar-refractivity contribution in [3.8, 4) is 17.0 Å². The predicted octanol–water partition coefficient (Wildman–Crippen LogP) is 6.42. The number of nitrogens with one attached hydrogen (secondary N) is 1. The SMILES string of the molecule is COc1cc(C(C)(C)c2[nH]c(SCc3c(F)cc(S(N)(=O)=O)cc3F)nc2-c2ccc(F)cc2)ccc1Cl. The van der Waals surface area contributed by atoms with Crippen LogP contribution in [0.1, 0.15) is 30.7 Å². The largest absolute Gasteiger partial charge is 0.495 e. The van der Waals surface area contributed by atoms with Crippen LogP contribution < -0.4 is 9.88 Å². The van der Waals surface area contributed by atoms with Crippen LogP contribution in [0.15, 0.2) is 64.6 Å². The molecule has 0 aliphatic heterocycles. The van der Waals surface area contributed by atoms with Crippen molar-refractivity contribution in [2.45, 2.75) is 35.1 Å². The summed E-state index contributed by atoms with van der Waals surface area (Å²) >= 11 is 7.23. The number of halogens is 4. The van der Waals surface area contributed by atoms with Crippen LogP contribution >= 0.6 is 23.4 Å². The maximum atomic E-state index is 14.6. The molecule has 0 atom stereocenters. The zero-order chi connectivity index (χ0) is 27.8. The Morgan fingerprint density at radius 2 is 1.68 bits per heavy atom. The first-order valence-electron chi connectivity index (χ1n) is 11.1. The van der Waals surface area contributed by atoms with Crippen molar-refractivity contribution in [2.24, 2.45) is 5.14 Å². The van der Waals surface area contributed by atoms with Crippen molar-refractivity contribution in [3.63, 3.8) is 0 Å². The summed E-state index contributed by atoms with van der Waals surface area (Å²) in [6, 6.07) is 12.6. The number of primary sulfonamides is 1. The highest BCUT2D eigenvalue weighted by Crippen LogP contribution is 2.41. The van der Waals surface area contributed by atoms with E-state index in [1.807, 2.05) is 26.0 Å². The molecule has 0 bridgehead atoms. The minimum Gasteiger partial charge on any atom is -0.495 e. The van der Waals surface area contributed by atoms with Crippen molar-refractivity contribution >= 4 is 33.4 Å². The molecule has 1 heterocycles. The number of hydrogen-bond acceptors (Lipinski definition) is 5. The van der Waals surface area contributed by atoms with E-state index < -0.39 is 37.8 Å². The molecular formula is C26H23ClF3N3O3S2. The van der Waals surface area contributed by atoms with Gasteiger partial charge in [0.05, 0.1) is 28.4 Å². The van der Waals surface area contributed by atoms with Gasteiger partial charge in [0.1, 0.15) is 23.2 Å². The molecule has 3 N–H and O–H groups in total. The molecule has 200 valence electrons. The normalized spacial score (nSPS) is 12.1. The standard InChI is InChI=1S/C26H23ClF3N3O3S2/c1-26(2,15-6-9-19(27)22(10-15)36-3)24-23(14-4-7-16(28)8-5-14)32-25(33-24)37-13-18-20(29)11-17(12-21(18)30)38(31,34)35/h4-12H,13H2,1-3H3,(H,32,33)(H2,31,34,35). The number of nitrogens with two attached hydrogens (primary N) is 1. The number of methoxy groups -OCH3 is 1. The van der Waals surface area contributed by atoms with E-state index in [9.17, 15) is 21.6 Å². The Kier molecular flexibility index (Phi) is 7.85. The number of ether oxygens (including phenoxy) is 1. The van der Waals surface area contributed by atoms with Crippen LogP contribution in [0.5, 0.6) is 5.75 Å². The molecule has 0 spiro atoms. The minimum atomic E-state index is -4.27. The zero-order valence-corrected chi connectivity index (χ0v) is 22.9. The number of sulfonamides is 1. The van der Waals surface area contributed by atoms with Crippen LogP contribution in [0.4, 0.5) is 13.2 Å². The van der Waals surface area contributed by atoms with E-state index in [1.165, 1.54) is 19.2 Å².